The molecule has 0 atom stereocenters. The summed E-state index contributed by atoms with van der Waals surface area (Å²) in [6.07, 6.45) is 0. The van der Waals surface area contributed by atoms with Crippen LogP contribution in [0.4, 0.5) is 0 Å². The predicted octanol–water partition coefficient (Wildman–Crippen LogP) is -4.96. The van der Waals surface area contributed by atoms with Crippen LogP contribution in [0.5, 0.6) is 0 Å². The molecule has 0 bridgehead atoms. The second-order valence-electron chi connectivity index (χ2n) is 2.21. The highest BCUT2D eigenvalue weighted by Crippen LogP contribution is 1.31. The van der Waals surface area contributed by atoms with Crippen molar-refractivity contribution in [2.75, 3.05) is 46.2 Å². The highest BCUT2D eigenvalue weighted by Gasteiger charge is 1.36. The van der Waals surface area contributed by atoms with Crippen LogP contribution in [0.1, 0.15) is 48.5 Å². The van der Waals surface area contributed by atoms with Crippen LogP contribution in [0.2, 0.25) is 0 Å². The molecule has 0 fully saturated rings. The smallest absolute Gasteiger partial charge is 0.0402 e. The number of aliphatic hydroxyl groups is 7. The molecule has 0 aliphatic heterocycles. The van der Waals surface area contributed by atoms with Gasteiger partial charge in [-0.05, 0) is 48.5 Å². The first-order chi connectivity index (χ1) is 9.90. The van der Waals surface area contributed by atoms with Crippen LogP contribution in [0.25, 0.3) is 0 Å². The molecule has 0 heterocycles. The molecule has 19 N–H and O–H groups in total. The maximum Gasteiger partial charge on any atom is 0.0402 e. The Morgan fingerprint density at radius 2 is 0.259 bits per heavy atom. The van der Waals surface area contributed by atoms with E-state index in [1.54, 1.807) is 48.5 Å². The second kappa shape index (κ2) is 364. The quantitative estimate of drug-likeness (QED) is 0.196. The van der Waals surface area contributed by atoms with E-state index in [-0.39, 0.29) is 79.1 Å². The fourth-order valence-corrected chi connectivity index (χ4v) is 0. The van der Waals surface area contributed by atoms with Crippen LogP contribution in [-0.4, -0.2) is 115 Å². The minimum absolute atomic E-state index is 0. The van der Waals surface area contributed by atoms with E-state index in [0.717, 1.165) is 0 Å². The first-order valence-corrected chi connectivity index (χ1v) is 7.16. The van der Waals surface area contributed by atoms with Crippen molar-refractivity contribution in [3.63, 3.8) is 0 Å². The molecule has 0 aromatic carbocycles. The third kappa shape index (κ3) is 52000. The second-order valence-corrected chi connectivity index (χ2v) is 2.21. The lowest BCUT2D eigenvalue weighted by molar-refractivity contribution is 0.318. The van der Waals surface area contributed by atoms with Gasteiger partial charge >= 0.3 is 0 Å². The Bertz CT molecular complexity index is 46.6. The molecule has 0 saturated carbocycles. The van der Waals surface area contributed by atoms with Gasteiger partial charge in [0.1, 0.15) is 0 Å². The summed E-state index contributed by atoms with van der Waals surface area (Å²) in [7, 11) is 0. The van der Waals surface area contributed by atoms with Crippen molar-refractivity contribution < 1.29 is 68.6 Å². The van der Waals surface area contributed by atoms with E-state index < -0.39 is 0 Å². The minimum atomic E-state index is 0. The van der Waals surface area contributed by atoms with Crippen molar-refractivity contribution in [3.8, 4) is 0 Å². The first kappa shape index (κ1) is 94.6. The van der Waals surface area contributed by atoms with E-state index in [1.165, 1.54) is 0 Å². The van der Waals surface area contributed by atoms with Gasteiger partial charge in [0.15, 0.2) is 0 Å². The van der Waals surface area contributed by atoms with Crippen molar-refractivity contribution in [1.82, 2.24) is 0 Å². The summed E-state index contributed by atoms with van der Waals surface area (Å²) in [6.45, 7) is 13.5. The van der Waals surface area contributed by atoms with Gasteiger partial charge in [-0.15, -0.1) is 0 Å². The molecule has 13 heteroatoms. The maximum atomic E-state index is 7.57. The topological polar surface area (TPSA) is 331 Å². The van der Waals surface area contributed by atoms with Gasteiger partial charge in [0.05, 0.1) is 0 Å². The zero-order valence-electron chi connectivity index (χ0n) is 18.1. The molecule has 0 unspecified atom stereocenters. The van der Waals surface area contributed by atoms with Gasteiger partial charge in [0.25, 0.3) is 0 Å². The SMILES string of the molecule is CCO.CCO.CCO.CCO.CCO.CCO.CCO.O.O.O.O.O.O. The van der Waals surface area contributed by atoms with Crippen molar-refractivity contribution >= 4 is 0 Å². The van der Waals surface area contributed by atoms with E-state index >= 15 is 0 Å². The Morgan fingerprint density at radius 1 is 0.259 bits per heavy atom. The molecule has 0 rings (SSSR count). The predicted molar refractivity (Wildman–Crippen MR) is 111 cm³/mol. The number of rotatable bonds is 0. The molecule has 0 aliphatic rings. The van der Waals surface area contributed by atoms with E-state index in [0.29, 0.717) is 0 Å². The molecular formula is C14H54O13. The maximum absolute atomic E-state index is 7.57. The average molecular weight is 431 g/mol. The van der Waals surface area contributed by atoms with Gasteiger partial charge in [-0.3, -0.25) is 0 Å². The summed E-state index contributed by atoms with van der Waals surface area (Å²) in [5.41, 5.74) is 0. The Labute approximate surface area is 164 Å². The molecule has 188 valence electrons. The van der Waals surface area contributed by atoms with Crippen LogP contribution in [-0.2, 0) is 0 Å². The normalized spacial score (nSPS) is 4.67. The van der Waals surface area contributed by atoms with E-state index in [1.807, 2.05) is 0 Å². The van der Waals surface area contributed by atoms with Crippen LogP contribution in [0, 0.1) is 0 Å². The van der Waals surface area contributed by atoms with Gasteiger partial charge in [-0.2, -0.15) is 0 Å². The standard InChI is InChI=1S/7C2H6O.6H2O/c7*1-2-3;;;;;;/h7*3H,2H2,1H3;6*1H2. The lowest BCUT2D eigenvalue weighted by atomic mass is 10.9. The van der Waals surface area contributed by atoms with E-state index in [9.17, 15) is 0 Å². The molecule has 27 heavy (non-hydrogen) atoms. The fourth-order valence-electron chi connectivity index (χ4n) is 0. The minimum Gasteiger partial charge on any atom is -0.412 e. The first-order valence-electron chi connectivity index (χ1n) is 7.16. The van der Waals surface area contributed by atoms with Gasteiger partial charge in [-0.25, -0.2) is 0 Å². The van der Waals surface area contributed by atoms with Gasteiger partial charge in [0, 0.05) is 46.2 Å². The Balaban J connectivity index is -0.00000000742. The number of aliphatic hydroxyl groups excluding tert-OH is 7. The molecule has 0 spiro atoms. The summed E-state index contributed by atoms with van der Waals surface area (Å²) in [5.74, 6) is 0. The fraction of sp³-hybridized carbons (Fsp3) is 1.00. The zero-order valence-corrected chi connectivity index (χ0v) is 18.1. The van der Waals surface area contributed by atoms with Crippen LogP contribution >= 0.6 is 0 Å². The summed E-state index contributed by atoms with van der Waals surface area (Å²) >= 11 is 0. The average Bonchev–Trinajstić information content (AvgIpc) is 2.35. The summed E-state index contributed by atoms with van der Waals surface area (Å²) in [4.78, 5) is 0. The number of hydrogen-bond donors (Lipinski definition) is 7. The molecule has 0 aromatic rings. The molecule has 0 aromatic heterocycles. The third-order valence-electron chi connectivity index (χ3n) is 0. The van der Waals surface area contributed by atoms with Gasteiger partial charge in [-0.1, -0.05) is 0 Å². The molecule has 0 saturated heterocycles. The molecule has 13 nitrogen and oxygen atoms in total. The molecule has 0 amide bonds. The highest BCUT2D eigenvalue weighted by molar-refractivity contribution is 3.85. The Morgan fingerprint density at radius 3 is 0.259 bits per heavy atom. The third-order valence-corrected chi connectivity index (χ3v) is 0. The monoisotopic (exact) mass is 430 g/mol. The van der Waals surface area contributed by atoms with Gasteiger partial charge < -0.3 is 68.6 Å². The highest BCUT2D eigenvalue weighted by atomic mass is 16.3. The van der Waals surface area contributed by atoms with Crippen molar-refractivity contribution in [2.45, 2.75) is 48.5 Å². The largest absolute Gasteiger partial charge is 0.412 e. The van der Waals surface area contributed by atoms with Crippen molar-refractivity contribution in [2.24, 2.45) is 0 Å². The summed E-state index contributed by atoms with van der Waals surface area (Å²) < 4.78 is 0. The lowest BCUT2D eigenvalue weighted by Crippen LogP contribution is -1.57. The van der Waals surface area contributed by atoms with E-state index in [2.05, 4.69) is 0 Å². The van der Waals surface area contributed by atoms with Gasteiger partial charge in [0.2, 0.25) is 0 Å². The van der Waals surface area contributed by atoms with E-state index in [4.69, 9.17) is 35.7 Å². The van der Waals surface area contributed by atoms with Crippen LogP contribution in [0.3, 0.4) is 0 Å². The summed E-state index contributed by atoms with van der Waals surface area (Å²) in [5, 5.41) is 53.0. The number of hydrogen-bond acceptors (Lipinski definition) is 7. The van der Waals surface area contributed by atoms with Crippen LogP contribution in [0.15, 0.2) is 0 Å². The molecular weight excluding hydrogens is 376 g/mol. The Kier molecular flexibility index (Phi) is 1270. The zero-order chi connectivity index (χ0) is 18.9. The Hall–Kier alpha value is -0.520. The summed E-state index contributed by atoms with van der Waals surface area (Å²) in [6, 6.07) is 0. The molecule has 0 aliphatic carbocycles. The lowest BCUT2D eigenvalue weighted by Gasteiger charge is -1.52. The van der Waals surface area contributed by atoms with Crippen molar-refractivity contribution in [3.05, 3.63) is 0 Å². The van der Waals surface area contributed by atoms with Crippen molar-refractivity contribution in [1.29, 1.82) is 0 Å². The molecule has 0 radical (unpaired) electrons. The van der Waals surface area contributed by atoms with Crippen LogP contribution < -0.4 is 0 Å².